The van der Waals surface area contributed by atoms with Crippen LogP contribution in [0.2, 0.25) is 0 Å². The molecule has 1 amide bonds. The normalized spacial score (nSPS) is 25.1. The van der Waals surface area contributed by atoms with Crippen molar-refractivity contribution < 1.29 is 14.3 Å². The number of amides is 1. The zero-order valence-corrected chi connectivity index (χ0v) is 21.7. The molecule has 1 aromatic rings. The quantitative estimate of drug-likeness (QED) is 0.631. The summed E-state index contributed by atoms with van der Waals surface area (Å²) in [7, 11) is 0. The topological polar surface area (TPSA) is 48.5 Å². The number of carbonyl (C=O) groups is 1. The lowest BCUT2D eigenvalue weighted by Crippen LogP contribution is -2.58. The Kier molecular flexibility index (Phi) is 8.38. The van der Waals surface area contributed by atoms with Gasteiger partial charge in [-0.1, -0.05) is 19.1 Å². The number of fused-ring (bicyclic) bond motifs is 1. The fraction of sp³-hybridized carbons (Fsp3) is 0.741. The Labute approximate surface area is 206 Å². The molecule has 0 radical (unpaired) electrons. The second kappa shape index (κ2) is 11.3. The molecule has 4 rings (SSSR count). The summed E-state index contributed by atoms with van der Waals surface area (Å²) in [5, 5.41) is 0. The van der Waals surface area contributed by atoms with Gasteiger partial charge in [-0.05, 0) is 57.9 Å². The van der Waals surface area contributed by atoms with Crippen LogP contribution in [0.1, 0.15) is 46.1 Å². The van der Waals surface area contributed by atoms with Crippen LogP contribution in [-0.4, -0.2) is 103 Å². The van der Waals surface area contributed by atoms with Crippen LogP contribution in [0, 0.1) is 5.92 Å². The van der Waals surface area contributed by atoms with Gasteiger partial charge in [0.15, 0.2) is 0 Å². The number of ether oxygens (including phenoxy) is 2. The number of benzene rings is 1. The van der Waals surface area contributed by atoms with Gasteiger partial charge in [0.05, 0.1) is 6.61 Å². The van der Waals surface area contributed by atoms with Gasteiger partial charge in [-0.2, -0.15) is 0 Å². The number of nitrogens with zero attached hydrogens (tertiary/aromatic N) is 4. The maximum atomic E-state index is 12.5. The number of hydrogen-bond acceptors (Lipinski definition) is 6. The van der Waals surface area contributed by atoms with Gasteiger partial charge in [0.2, 0.25) is 0 Å². The Morgan fingerprint density at radius 3 is 2.50 bits per heavy atom. The zero-order valence-electron chi connectivity index (χ0n) is 21.7. The molecule has 1 aromatic carbocycles. The van der Waals surface area contributed by atoms with E-state index in [9.17, 15) is 4.79 Å². The Bertz CT molecular complexity index is 803. The fourth-order valence-electron chi connectivity index (χ4n) is 5.36. The minimum absolute atomic E-state index is 0.176. The molecule has 34 heavy (non-hydrogen) atoms. The summed E-state index contributed by atoms with van der Waals surface area (Å²) >= 11 is 0. The molecule has 190 valence electrons. The third kappa shape index (κ3) is 7.09. The van der Waals surface area contributed by atoms with Crippen molar-refractivity contribution in [3.8, 4) is 5.75 Å². The van der Waals surface area contributed by atoms with Crippen LogP contribution in [0.3, 0.4) is 0 Å². The molecular formula is C27H44N4O3. The van der Waals surface area contributed by atoms with Gasteiger partial charge < -0.3 is 19.3 Å². The van der Waals surface area contributed by atoms with Gasteiger partial charge in [0, 0.05) is 70.9 Å². The molecule has 0 unspecified atom stereocenters. The predicted molar refractivity (Wildman–Crippen MR) is 135 cm³/mol. The van der Waals surface area contributed by atoms with Crippen LogP contribution in [0.25, 0.3) is 0 Å². The van der Waals surface area contributed by atoms with Gasteiger partial charge in [0.25, 0.3) is 0 Å². The molecule has 0 saturated carbocycles. The first-order chi connectivity index (χ1) is 16.3. The Morgan fingerprint density at radius 2 is 1.76 bits per heavy atom. The lowest BCUT2D eigenvalue weighted by molar-refractivity contribution is -0.0122. The van der Waals surface area contributed by atoms with E-state index < -0.39 is 5.60 Å². The standard InChI is InChI=1S/C27H44N4O3/c1-5-28-11-13-29(14-12-28)18-22-7-6-8-25(17-22)33-21-23-9-10-24-20-31(16-15-30(24)19-23)26(32)34-27(2,3)4/h6-8,17,23-24H,5,9-16,18-21H2,1-4H3/t23-,24+/m1/s1. The summed E-state index contributed by atoms with van der Waals surface area (Å²) in [4.78, 5) is 21.9. The average molecular weight is 473 g/mol. The van der Waals surface area contributed by atoms with E-state index in [1.165, 1.54) is 18.7 Å². The lowest BCUT2D eigenvalue weighted by atomic mass is 9.91. The molecule has 7 heteroatoms. The van der Waals surface area contributed by atoms with Crippen molar-refractivity contribution >= 4 is 6.09 Å². The van der Waals surface area contributed by atoms with Gasteiger partial charge in [0.1, 0.15) is 11.4 Å². The molecule has 3 aliphatic heterocycles. The number of likely N-dealkylation sites (N-methyl/N-ethyl adjacent to an activating group) is 1. The summed E-state index contributed by atoms with van der Waals surface area (Å²) in [5.41, 5.74) is 0.898. The highest BCUT2D eigenvalue weighted by molar-refractivity contribution is 5.68. The molecular weight excluding hydrogens is 428 g/mol. The molecule has 0 bridgehead atoms. The average Bonchev–Trinajstić information content (AvgIpc) is 2.82. The lowest BCUT2D eigenvalue weighted by Gasteiger charge is -2.46. The summed E-state index contributed by atoms with van der Waals surface area (Å²) in [6.45, 7) is 19.0. The van der Waals surface area contributed by atoms with Crippen LogP contribution < -0.4 is 4.74 Å². The first-order valence-electron chi connectivity index (χ1n) is 13.2. The molecule has 0 spiro atoms. The van der Waals surface area contributed by atoms with Crippen molar-refractivity contribution in [2.24, 2.45) is 5.92 Å². The van der Waals surface area contributed by atoms with E-state index in [1.54, 1.807) is 0 Å². The number of rotatable bonds is 6. The third-order valence-electron chi connectivity index (χ3n) is 7.36. The molecule has 2 atom stereocenters. The van der Waals surface area contributed by atoms with Crippen LogP contribution in [0.5, 0.6) is 5.75 Å². The first kappa shape index (κ1) is 25.3. The Hall–Kier alpha value is -1.83. The summed E-state index contributed by atoms with van der Waals surface area (Å²) < 4.78 is 11.8. The SMILES string of the molecule is CCN1CCN(Cc2cccc(OC[C@@H]3CC[C@H]4CN(C(=O)OC(C)(C)C)CCN4C3)c2)CC1. The Balaban J connectivity index is 1.21. The van der Waals surface area contributed by atoms with E-state index in [0.717, 1.165) is 77.6 Å². The number of carbonyl (C=O) groups excluding carboxylic acids is 1. The molecule has 0 aromatic heterocycles. The van der Waals surface area contributed by atoms with Gasteiger partial charge in [-0.25, -0.2) is 4.79 Å². The maximum absolute atomic E-state index is 12.5. The minimum atomic E-state index is -0.440. The number of hydrogen-bond donors (Lipinski definition) is 0. The van der Waals surface area contributed by atoms with E-state index in [1.807, 2.05) is 25.7 Å². The molecule has 3 saturated heterocycles. The zero-order chi connectivity index (χ0) is 24.1. The molecule has 3 fully saturated rings. The van der Waals surface area contributed by atoms with Crippen LogP contribution >= 0.6 is 0 Å². The van der Waals surface area contributed by atoms with E-state index in [4.69, 9.17) is 9.47 Å². The second-order valence-electron chi connectivity index (χ2n) is 11.2. The van der Waals surface area contributed by atoms with E-state index in [2.05, 4.69) is 45.9 Å². The molecule has 3 aliphatic rings. The Morgan fingerprint density at radius 1 is 1.00 bits per heavy atom. The second-order valence-corrected chi connectivity index (χ2v) is 11.2. The van der Waals surface area contributed by atoms with Crippen LogP contribution in [-0.2, 0) is 11.3 Å². The maximum Gasteiger partial charge on any atom is 0.410 e. The monoisotopic (exact) mass is 472 g/mol. The van der Waals surface area contributed by atoms with Gasteiger partial charge in [-0.15, -0.1) is 0 Å². The summed E-state index contributed by atoms with van der Waals surface area (Å²) in [6, 6.07) is 9.09. The highest BCUT2D eigenvalue weighted by atomic mass is 16.6. The van der Waals surface area contributed by atoms with Crippen molar-refractivity contribution in [2.75, 3.05) is 65.5 Å². The largest absolute Gasteiger partial charge is 0.493 e. The van der Waals surface area contributed by atoms with Crippen LogP contribution in [0.15, 0.2) is 24.3 Å². The molecule has 3 heterocycles. The fourth-order valence-corrected chi connectivity index (χ4v) is 5.36. The predicted octanol–water partition coefficient (Wildman–Crippen LogP) is 3.53. The molecule has 0 N–H and O–H groups in total. The van der Waals surface area contributed by atoms with Gasteiger partial charge >= 0.3 is 6.09 Å². The smallest absolute Gasteiger partial charge is 0.410 e. The molecule has 0 aliphatic carbocycles. The third-order valence-corrected chi connectivity index (χ3v) is 7.36. The first-order valence-corrected chi connectivity index (χ1v) is 13.2. The number of piperazine rings is 2. The molecule has 7 nitrogen and oxygen atoms in total. The highest BCUT2D eigenvalue weighted by Gasteiger charge is 2.36. The highest BCUT2D eigenvalue weighted by Crippen LogP contribution is 2.27. The van der Waals surface area contributed by atoms with Crippen molar-refractivity contribution in [3.05, 3.63) is 29.8 Å². The van der Waals surface area contributed by atoms with Crippen molar-refractivity contribution in [1.82, 2.24) is 19.6 Å². The minimum Gasteiger partial charge on any atom is -0.493 e. The number of piperidine rings is 1. The summed E-state index contributed by atoms with van der Waals surface area (Å²) in [5.74, 6) is 1.52. The van der Waals surface area contributed by atoms with Crippen molar-refractivity contribution in [1.29, 1.82) is 0 Å². The van der Waals surface area contributed by atoms with Crippen molar-refractivity contribution in [2.45, 2.75) is 58.7 Å². The van der Waals surface area contributed by atoms with E-state index in [-0.39, 0.29) is 6.09 Å². The summed E-state index contributed by atoms with van der Waals surface area (Å²) in [6.07, 6.45) is 2.08. The van der Waals surface area contributed by atoms with Gasteiger partial charge in [-0.3, -0.25) is 9.80 Å². The van der Waals surface area contributed by atoms with E-state index >= 15 is 0 Å². The van der Waals surface area contributed by atoms with E-state index in [0.29, 0.717) is 12.0 Å². The van der Waals surface area contributed by atoms with Crippen molar-refractivity contribution in [3.63, 3.8) is 0 Å². The van der Waals surface area contributed by atoms with Crippen LogP contribution in [0.4, 0.5) is 4.79 Å².